The van der Waals surface area contributed by atoms with Gasteiger partial charge in [-0.25, -0.2) is 13.2 Å². The summed E-state index contributed by atoms with van der Waals surface area (Å²) in [6, 6.07) is 2.46. The molecular formula is C12H14BrNO5S. The highest BCUT2D eigenvalue weighted by Gasteiger charge is 2.22. The van der Waals surface area contributed by atoms with Crippen LogP contribution in [0.1, 0.15) is 22.3 Å². The quantitative estimate of drug-likeness (QED) is 0.822. The molecule has 0 atom stereocenters. The van der Waals surface area contributed by atoms with E-state index in [4.69, 9.17) is 5.11 Å². The van der Waals surface area contributed by atoms with Crippen LogP contribution in [0, 0.1) is 6.92 Å². The Bertz CT molecular complexity index is 654. The molecule has 0 fully saturated rings. The largest absolute Gasteiger partial charge is 0.478 e. The number of halogens is 1. The summed E-state index contributed by atoms with van der Waals surface area (Å²) < 4.78 is 24.8. The molecular weight excluding hydrogens is 350 g/mol. The van der Waals surface area contributed by atoms with Crippen molar-refractivity contribution in [1.82, 2.24) is 5.32 Å². The third-order valence-corrected chi connectivity index (χ3v) is 5.41. The fourth-order valence-corrected chi connectivity index (χ4v) is 3.71. The van der Waals surface area contributed by atoms with Gasteiger partial charge in [-0.15, -0.1) is 0 Å². The number of benzene rings is 1. The topological polar surface area (TPSA) is 101 Å². The Morgan fingerprint density at radius 2 is 1.95 bits per heavy atom. The number of nitrogens with one attached hydrogen (secondary N) is 1. The number of rotatable bonds is 5. The van der Waals surface area contributed by atoms with Crippen LogP contribution in [0.2, 0.25) is 0 Å². The van der Waals surface area contributed by atoms with Crippen LogP contribution in [-0.2, 0) is 14.6 Å². The molecule has 1 aromatic rings. The number of carboxylic acid groups (broad SMARTS) is 1. The molecule has 1 aromatic carbocycles. The van der Waals surface area contributed by atoms with Gasteiger partial charge in [-0.1, -0.05) is 15.9 Å². The zero-order chi connectivity index (χ0) is 15.5. The fraction of sp³-hybridized carbons (Fsp3) is 0.333. The number of carbonyl (C=O) groups excluding carboxylic acids is 1. The molecule has 6 nitrogen and oxygen atoms in total. The molecule has 20 heavy (non-hydrogen) atoms. The minimum absolute atomic E-state index is 0.0758. The van der Waals surface area contributed by atoms with Gasteiger partial charge in [0.15, 0.2) is 9.84 Å². The molecule has 0 saturated carbocycles. The zero-order valence-electron chi connectivity index (χ0n) is 10.9. The maximum atomic E-state index is 12.2. The second kappa shape index (κ2) is 6.36. The van der Waals surface area contributed by atoms with Gasteiger partial charge in [-0.2, -0.15) is 0 Å². The third kappa shape index (κ3) is 3.80. The second-order valence-corrected chi connectivity index (χ2v) is 7.06. The second-order valence-electron chi connectivity index (χ2n) is 4.13. The lowest BCUT2D eigenvalue weighted by atomic mass is 10.1. The first-order chi connectivity index (χ1) is 9.19. The predicted octanol–water partition coefficient (Wildman–Crippen LogP) is 1.37. The van der Waals surface area contributed by atoms with Crippen molar-refractivity contribution < 1.29 is 23.1 Å². The SMILES string of the molecule is CNC(=O)CCS(=O)(=O)c1cc(C(=O)O)cc(Br)c1C. The average Bonchev–Trinajstić information content (AvgIpc) is 2.38. The van der Waals surface area contributed by atoms with Crippen molar-refractivity contribution in [2.24, 2.45) is 0 Å². The van der Waals surface area contributed by atoms with Gasteiger partial charge in [0.25, 0.3) is 0 Å². The summed E-state index contributed by atoms with van der Waals surface area (Å²) >= 11 is 3.14. The lowest BCUT2D eigenvalue weighted by molar-refractivity contribution is -0.120. The monoisotopic (exact) mass is 363 g/mol. The Morgan fingerprint density at radius 1 is 1.35 bits per heavy atom. The van der Waals surface area contributed by atoms with E-state index in [9.17, 15) is 18.0 Å². The smallest absolute Gasteiger partial charge is 0.335 e. The minimum Gasteiger partial charge on any atom is -0.478 e. The lowest BCUT2D eigenvalue weighted by Crippen LogP contribution is -2.22. The highest BCUT2D eigenvalue weighted by Crippen LogP contribution is 2.27. The molecule has 2 N–H and O–H groups in total. The molecule has 0 aliphatic heterocycles. The van der Waals surface area contributed by atoms with Gasteiger partial charge in [-0.05, 0) is 24.6 Å². The number of carbonyl (C=O) groups is 2. The summed E-state index contributed by atoms with van der Waals surface area (Å²) in [7, 11) is -2.31. The molecule has 0 aromatic heterocycles. The van der Waals surface area contributed by atoms with Crippen molar-refractivity contribution in [2.45, 2.75) is 18.2 Å². The van der Waals surface area contributed by atoms with Crippen LogP contribution in [0.15, 0.2) is 21.5 Å². The first-order valence-electron chi connectivity index (χ1n) is 5.66. The van der Waals surface area contributed by atoms with Gasteiger partial charge >= 0.3 is 5.97 Å². The first-order valence-corrected chi connectivity index (χ1v) is 8.10. The van der Waals surface area contributed by atoms with Gasteiger partial charge < -0.3 is 10.4 Å². The van der Waals surface area contributed by atoms with Crippen molar-refractivity contribution in [2.75, 3.05) is 12.8 Å². The van der Waals surface area contributed by atoms with Gasteiger partial charge in [0.05, 0.1) is 16.2 Å². The van der Waals surface area contributed by atoms with E-state index in [0.717, 1.165) is 6.07 Å². The lowest BCUT2D eigenvalue weighted by Gasteiger charge is -2.10. The van der Waals surface area contributed by atoms with Crippen LogP contribution in [-0.4, -0.2) is 38.2 Å². The van der Waals surface area contributed by atoms with Gasteiger partial charge in [-0.3, -0.25) is 4.79 Å². The Kier molecular flexibility index (Phi) is 5.29. The maximum Gasteiger partial charge on any atom is 0.335 e. The predicted molar refractivity (Wildman–Crippen MR) is 76.6 cm³/mol. The minimum atomic E-state index is -3.73. The average molecular weight is 364 g/mol. The summed E-state index contributed by atoms with van der Waals surface area (Å²) in [5.41, 5.74) is 0.299. The molecule has 0 bridgehead atoms. The van der Waals surface area contributed by atoms with Crippen LogP contribution in [0.3, 0.4) is 0 Å². The number of hydrogen-bond donors (Lipinski definition) is 2. The number of aromatic carboxylic acids is 1. The molecule has 110 valence electrons. The van der Waals surface area contributed by atoms with Gasteiger partial charge in [0.1, 0.15) is 0 Å². The molecule has 0 spiro atoms. The number of hydrogen-bond acceptors (Lipinski definition) is 4. The standard InChI is InChI=1S/C12H14BrNO5S/c1-7-9(13)5-8(12(16)17)6-10(7)20(18,19)4-3-11(15)14-2/h5-6H,3-4H2,1-2H3,(H,14,15)(H,16,17). The van der Waals surface area contributed by atoms with Crippen molar-refractivity contribution >= 4 is 37.6 Å². The van der Waals surface area contributed by atoms with Crippen LogP contribution < -0.4 is 5.32 Å². The number of carboxylic acids is 1. The highest BCUT2D eigenvalue weighted by molar-refractivity contribution is 9.10. The molecule has 0 heterocycles. The zero-order valence-corrected chi connectivity index (χ0v) is 13.3. The molecule has 0 unspecified atom stereocenters. The van der Waals surface area contributed by atoms with E-state index in [2.05, 4.69) is 21.2 Å². The van der Waals surface area contributed by atoms with Crippen molar-refractivity contribution in [1.29, 1.82) is 0 Å². The molecule has 0 saturated heterocycles. The van der Waals surface area contributed by atoms with E-state index in [0.29, 0.717) is 10.0 Å². The van der Waals surface area contributed by atoms with E-state index < -0.39 is 15.8 Å². The van der Waals surface area contributed by atoms with Gasteiger partial charge in [0.2, 0.25) is 5.91 Å². The van der Waals surface area contributed by atoms with Crippen LogP contribution >= 0.6 is 15.9 Å². The van der Waals surface area contributed by atoms with E-state index in [1.54, 1.807) is 6.92 Å². The summed E-state index contributed by atoms with van der Waals surface area (Å²) in [6.45, 7) is 1.57. The van der Waals surface area contributed by atoms with E-state index >= 15 is 0 Å². The molecule has 8 heteroatoms. The molecule has 1 rings (SSSR count). The normalized spacial score (nSPS) is 11.2. The molecule has 1 amide bonds. The molecule has 0 aliphatic rings. The maximum absolute atomic E-state index is 12.2. The van der Waals surface area contributed by atoms with E-state index in [1.807, 2.05) is 0 Å². The number of amides is 1. The Hall–Kier alpha value is -1.41. The van der Waals surface area contributed by atoms with Gasteiger partial charge in [0, 0.05) is 17.9 Å². The number of sulfone groups is 1. The summed E-state index contributed by atoms with van der Waals surface area (Å²) in [6.07, 6.45) is -0.173. The third-order valence-electron chi connectivity index (χ3n) is 2.76. The Labute approximate surface area is 125 Å². The Morgan fingerprint density at radius 3 is 2.45 bits per heavy atom. The van der Waals surface area contributed by atoms with E-state index in [-0.39, 0.29) is 28.5 Å². The summed E-state index contributed by atoms with van der Waals surface area (Å²) in [5.74, 6) is -1.98. The molecule has 0 radical (unpaired) electrons. The van der Waals surface area contributed by atoms with E-state index in [1.165, 1.54) is 13.1 Å². The summed E-state index contributed by atoms with van der Waals surface area (Å²) in [4.78, 5) is 22.0. The Balaban J connectivity index is 3.23. The summed E-state index contributed by atoms with van der Waals surface area (Å²) in [5, 5.41) is 11.3. The van der Waals surface area contributed by atoms with Crippen LogP contribution in [0.25, 0.3) is 0 Å². The van der Waals surface area contributed by atoms with Crippen molar-refractivity contribution in [3.05, 3.63) is 27.7 Å². The fourth-order valence-electron chi connectivity index (χ4n) is 1.56. The van der Waals surface area contributed by atoms with Crippen molar-refractivity contribution in [3.8, 4) is 0 Å². The van der Waals surface area contributed by atoms with Crippen LogP contribution in [0.5, 0.6) is 0 Å². The highest BCUT2D eigenvalue weighted by atomic mass is 79.9. The van der Waals surface area contributed by atoms with Crippen LogP contribution in [0.4, 0.5) is 0 Å². The first kappa shape index (κ1) is 16.6. The van der Waals surface area contributed by atoms with Crippen molar-refractivity contribution in [3.63, 3.8) is 0 Å². The molecule has 0 aliphatic carbocycles.